The molecule has 0 saturated heterocycles. The Kier molecular flexibility index (Phi) is 4.82. The van der Waals surface area contributed by atoms with Crippen molar-refractivity contribution in [3.8, 4) is 0 Å². The number of pyridine rings is 1. The molecular weight excluding hydrogens is 290 g/mol. The van der Waals surface area contributed by atoms with Crippen LogP contribution < -0.4 is 5.43 Å². The van der Waals surface area contributed by atoms with E-state index in [1.165, 1.54) is 13.0 Å². The smallest absolute Gasteiger partial charge is 0.189 e. The molecule has 2 atom stereocenters. The number of carbonyl (C=O) groups is 1. The molecule has 1 aromatic heterocycles. The molecule has 0 aliphatic carbocycles. The van der Waals surface area contributed by atoms with Crippen molar-refractivity contribution in [2.24, 2.45) is 0 Å². The zero-order valence-corrected chi connectivity index (χ0v) is 12.6. The Morgan fingerprint density at radius 3 is 2.71 bits per heavy atom. The molecule has 0 radical (unpaired) electrons. The number of aliphatic hydroxyl groups excluding tert-OH is 2. The van der Waals surface area contributed by atoms with Crippen molar-refractivity contribution in [2.45, 2.75) is 26.1 Å². The number of H-pyrrole nitrogens is 1. The highest BCUT2D eigenvalue weighted by atomic mass is 32.2. The predicted molar refractivity (Wildman–Crippen MR) is 83.4 cm³/mol. The third-order valence-corrected chi connectivity index (χ3v) is 4.07. The normalized spacial score (nSPS) is 14.1. The number of carbonyl (C=O) groups excluding carboxylic acids is 1. The maximum atomic E-state index is 11.9. The third kappa shape index (κ3) is 3.72. The summed E-state index contributed by atoms with van der Waals surface area (Å²) in [7, 11) is 0. The molecule has 2 rings (SSSR count). The third-order valence-electron chi connectivity index (χ3n) is 3.15. The number of aromatic nitrogens is 1. The van der Waals surface area contributed by atoms with Crippen molar-refractivity contribution in [1.29, 1.82) is 0 Å². The highest BCUT2D eigenvalue weighted by Gasteiger charge is 2.19. The number of aliphatic hydroxyl groups is 2. The number of rotatable bonds is 4. The molecule has 0 bridgehead atoms. The molecule has 0 spiro atoms. The quantitative estimate of drug-likeness (QED) is 0.796. The lowest BCUT2D eigenvalue weighted by Crippen LogP contribution is -2.21. The van der Waals surface area contributed by atoms with E-state index in [0.29, 0.717) is 16.5 Å². The summed E-state index contributed by atoms with van der Waals surface area (Å²) in [6, 6.07) is 6.41. The lowest BCUT2D eigenvalue weighted by molar-refractivity contribution is -0.109. The minimum absolute atomic E-state index is 0.110. The molecule has 5 nitrogen and oxygen atoms in total. The Hall–Kier alpha value is -1.63. The highest BCUT2D eigenvalue weighted by Crippen LogP contribution is 2.22. The van der Waals surface area contributed by atoms with Gasteiger partial charge in [0, 0.05) is 35.3 Å². The van der Waals surface area contributed by atoms with Gasteiger partial charge in [-0.15, -0.1) is 0 Å². The fourth-order valence-electron chi connectivity index (χ4n) is 2.10. The summed E-state index contributed by atoms with van der Waals surface area (Å²) in [4.78, 5) is 25.9. The Morgan fingerprint density at radius 2 is 2.05 bits per heavy atom. The Balaban J connectivity index is 2.30. The summed E-state index contributed by atoms with van der Waals surface area (Å²) in [5.74, 6) is 0.110. The highest BCUT2D eigenvalue weighted by molar-refractivity contribution is 8.13. The van der Waals surface area contributed by atoms with Crippen LogP contribution in [0.3, 0.4) is 0 Å². The van der Waals surface area contributed by atoms with Gasteiger partial charge in [0.05, 0.1) is 6.10 Å². The van der Waals surface area contributed by atoms with E-state index >= 15 is 0 Å². The van der Waals surface area contributed by atoms with E-state index in [1.807, 2.05) is 0 Å². The van der Waals surface area contributed by atoms with Crippen molar-refractivity contribution in [2.75, 3.05) is 5.75 Å². The number of hydrogen-bond donors (Lipinski definition) is 3. The van der Waals surface area contributed by atoms with Crippen LogP contribution in [0, 0.1) is 6.92 Å². The monoisotopic (exact) mass is 307 g/mol. The molecule has 0 aliphatic heterocycles. The Bertz CT molecular complexity index is 725. The second kappa shape index (κ2) is 6.43. The van der Waals surface area contributed by atoms with Crippen LogP contribution in [0.2, 0.25) is 0 Å². The van der Waals surface area contributed by atoms with Crippen LogP contribution in [0.15, 0.2) is 29.1 Å². The van der Waals surface area contributed by atoms with Crippen LogP contribution in [0.1, 0.15) is 24.3 Å². The summed E-state index contributed by atoms with van der Waals surface area (Å²) in [6.07, 6.45) is -2.21. The van der Waals surface area contributed by atoms with Crippen LogP contribution in [0.25, 0.3) is 10.9 Å². The number of thioether (sulfide) groups is 1. The van der Waals surface area contributed by atoms with Crippen molar-refractivity contribution in [3.63, 3.8) is 0 Å². The molecular formula is C15H17NO4S. The van der Waals surface area contributed by atoms with Gasteiger partial charge >= 0.3 is 0 Å². The van der Waals surface area contributed by atoms with E-state index < -0.39 is 12.2 Å². The van der Waals surface area contributed by atoms with Crippen LogP contribution in [-0.4, -0.2) is 32.2 Å². The molecule has 0 fully saturated rings. The summed E-state index contributed by atoms with van der Waals surface area (Å²) in [5.41, 5.74) is 1.76. The SMILES string of the molecule is CC(=O)SCC(O)C(O)c1ccc2[nH]c(C)cc(=O)c2c1. The molecule has 0 amide bonds. The fraction of sp³-hybridized carbons (Fsp3) is 0.333. The van der Waals surface area contributed by atoms with Gasteiger partial charge in [0.2, 0.25) is 0 Å². The van der Waals surface area contributed by atoms with Crippen LogP contribution in [0.4, 0.5) is 0 Å². The van der Waals surface area contributed by atoms with E-state index in [9.17, 15) is 19.8 Å². The van der Waals surface area contributed by atoms with Crippen molar-refractivity contribution in [3.05, 3.63) is 45.7 Å². The first kappa shape index (κ1) is 15.8. The number of nitrogens with one attached hydrogen (secondary N) is 1. The van der Waals surface area contributed by atoms with Gasteiger partial charge in [-0.3, -0.25) is 9.59 Å². The number of fused-ring (bicyclic) bond motifs is 1. The van der Waals surface area contributed by atoms with Crippen LogP contribution in [-0.2, 0) is 4.79 Å². The van der Waals surface area contributed by atoms with Gasteiger partial charge in [-0.2, -0.15) is 0 Å². The Labute approximate surface area is 126 Å². The molecule has 0 aliphatic rings. The average molecular weight is 307 g/mol. The molecule has 1 aromatic carbocycles. The summed E-state index contributed by atoms with van der Waals surface area (Å²) in [6.45, 7) is 3.20. The Morgan fingerprint density at radius 1 is 1.33 bits per heavy atom. The molecule has 2 unspecified atom stereocenters. The van der Waals surface area contributed by atoms with E-state index in [-0.39, 0.29) is 16.3 Å². The van der Waals surface area contributed by atoms with Crippen molar-refractivity contribution in [1.82, 2.24) is 4.98 Å². The summed E-state index contributed by atoms with van der Waals surface area (Å²) >= 11 is 0.954. The van der Waals surface area contributed by atoms with Gasteiger partial charge in [-0.05, 0) is 24.6 Å². The standard InChI is InChI=1S/C15H17NO4S/c1-8-5-13(18)11-6-10(3-4-12(11)16-8)15(20)14(19)7-21-9(2)17/h3-6,14-15,19-20H,7H2,1-2H3,(H,16,18). The minimum atomic E-state index is -1.14. The van der Waals surface area contributed by atoms with Gasteiger partial charge < -0.3 is 15.2 Å². The molecule has 1 heterocycles. The largest absolute Gasteiger partial charge is 0.389 e. The van der Waals surface area contributed by atoms with Gasteiger partial charge in [-0.25, -0.2) is 0 Å². The van der Waals surface area contributed by atoms with E-state index in [1.54, 1.807) is 25.1 Å². The second-order valence-corrected chi connectivity index (χ2v) is 6.13. The molecule has 21 heavy (non-hydrogen) atoms. The molecule has 2 aromatic rings. The zero-order valence-electron chi connectivity index (χ0n) is 11.8. The van der Waals surface area contributed by atoms with Crippen molar-refractivity contribution >= 4 is 27.8 Å². The lowest BCUT2D eigenvalue weighted by Gasteiger charge is -2.17. The number of benzene rings is 1. The van der Waals surface area contributed by atoms with Gasteiger partial charge in [-0.1, -0.05) is 17.8 Å². The van der Waals surface area contributed by atoms with Crippen molar-refractivity contribution < 1.29 is 15.0 Å². The average Bonchev–Trinajstić information content (AvgIpc) is 2.43. The number of hydrogen-bond acceptors (Lipinski definition) is 5. The second-order valence-electron chi connectivity index (χ2n) is 4.94. The maximum absolute atomic E-state index is 11.9. The molecule has 6 heteroatoms. The lowest BCUT2D eigenvalue weighted by atomic mass is 10.0. The number of aromatic amines is 1. The molecule has 3 N–H and O–H groups in total. The van der Waals surface area contributed by atoms with Gasteiger partial charge in [0.1, 0.15) is 6.10 Å². The van der Waals surface area contributed by atoms with Crippen LogP contribution in [0.5, 0.6) is 0 Å². The van der Waals surface area contributed by atoms with Gasteiger partial charge in [0.15, 0.2) is 10.5 Å². The predicted octanol–water partition coefficient (Wildman–Crippen LogP) is 1.51. The van der Waals surface area contributed by atoms with Gasteiger partial charge in [0.25, 0.3) is 0 Å². The van der Waals surface area contributed by atoms with E-state index in [4.69, 9.17) is 0 Å². The van der Waals surface area contributed by atoms with E-state index in [0.717, 1.165) is 17.5 Å². The molecule has 0 saturated carbocycles. The first-order chi connectivity index (χ1) is 9.88. The molecule has 112 valence electrons. The van der Waals surface area contributed by atoms with E-state index in [2.05, 4.69) is 4.98 Å². The fourth-order valence-corrected chi connectivity index (χ4v) is 2.69. The topological polar surface area (TPSA) is 90.4 Å². The summed E-state index contributed by atoms with van der Waals surface area (Å²) < 4.78 is 0. The number of aryl methyl sites for hydroxylation is 1. The summed E-state index contributed by atoms with van der Waals surface area (Å²) in [5, 5.41) is 20.4. The maximum Gasteiger partial charge on any atom is 0.189 e. The zero-order chi connectivity index (χ0) is 15.6. The van der Waals surface area contributed by atoms with Crippen LogP contribution >= 0.6 is 11.8 Å². The minimum Gasteiger partial charge on any atom is -0.389 e. The first-order valence-electron chi connectivity index (χ1n) is 6.51. The first-order valence-corrected chi connectivity index (χ1v) is 7.50.